The van der Waals surface area contributed by atoms with E-state index in [0.29, 0.717) is 5.75 Å². The Kier molecular flexibility index (Phi) is 5.97. The number of benzene rings is 3. The van der Waals surface area contributed by atoms with Gasteiger partial charge in [-0.15, -0.1) is 0 Å². The van der Waals surface area contributed by atoms with E-state index in [4.69, 9.17) is 27.6 Å². The van der Waals surface area contributed by atoms with Crippen LogP contribution in [0.15, 0.2) is 65.6 Å². The molecule has 148 valence electrons. The molecule has 0 fully saturated rings. The lowest BCUT2D eigenvalue weighted by Gasteiger charge is -2.16. The number of hydrogen-bond donors (Lipinski definition) is 1. The van der Waals surface area contributed by atoms with E-state index in [9.17, 15) is 8.42 Å². The molecule has 0 bridgehead atoms. The molecule has 0 amide bonds. The number of methoxy groups -OCH3 is 2. The fraction of sp³-hybridized carbons (Fsp3) is 0.0952. The fourth-order valence-corrected chi connectivity index (χ4v) is 4.43. The second kappa shape index (κ2) is 8.43. The maximum Gasteiger partial charge on any atom is 0.264 e. The summed E-state index contributed by atoms with van der Waals surface area (Å²) in [6.45, 7) is 7.17. The van der Waals surface area contributed by atoms with Crippen molar-refractivity contribution in [3.8, 4) is 22.6 Å². The SMILES string of the molecule is [C-]#[N+]c1cc(Cl)c(OC)c(S(=O)(=O)Nc2cc(-c3ccccc3)ccc2OC)c1. The Bertz CT molecular complexity index is 1190. The van der Waals surface area contributed by atoms with Gasteiger partial charge in [0, 0.05) is 0 Å². The van der Waals surface area contributed by atoms with Crippen molar-refractivity contribution < 1.29 is 17.9 Å². The van der Waals surface area contributed by atoms with Crippen LogP contribution in [0.5, 0.6) is 11.5 Å². The number of rotatable bonds is 6. The van der Waals surface area contributed by atoms with Gasteiger partial charge in [-0.2, -0.15) is 0 Å². The van der Waals surface area contributed by atoms with Gasteiger partial charge in [-0.3, -0.25) is 4.72 Å². The molecule has 0 aliphatic rings. The van der Waals surface area contributed by atoms with Crippen LogP contribution in [-0.4, -0.2) is 22.6 Å². The second-order valence-corrected chi connectivity index (χ2v) is 8.02. The average molecular weight is 429 g/mol. The van der Waals surface area contributed by atoms with E-state index in [2.05, 4.69) is 9.57 Å². The zero-order valence-corrected chi connectivity index (χ0v) is 17.2. The summed E-state index contributed by atoms with van der Waals surface area (Å²) in [4.78, 5) is 3.04. The molecular formula is C21H17ClN2O4S. The second-order valence-electron chi connectivity index (χ2n) is 5.96. The van der Waals surface area contributed by atoms with Crippen molar-refractivity contribution in [1.82, 2.24) is 0 Å². The summed E-state index contributed by atoms with van der Waals surface area (Å²) in [5.41, 5.74) is 2.07. The van der Waals surface area contributed by atoms with Gasteiger partial charge in [-0.05, 0) is 35.4 Å². The van der Waals surface area contributed by atoms with Crippen molar-refractivity contribution in [3.05, 3.63) is 77.1 Å². The van der Waals surface area contributed by atoms with E-state index in [1.807, 2.05) is 36.4 Å². The molecule has 0 heterocycles. The molecule has 0 radical (unpaired) electrons. The quantitative estimate of drug-likeness (QED) is 0.535. The summed E-state index contributed by atoms with van der Waals surface area (Å²) in [5, 5.41) is 0.0337. The van der Waals surface area contributed by atoms with Gasteiger partial charge >= 0.3 is 0 Å². The van der Waals surface area contributed by atoms with Crippen molar-refractivity contribution in [2.45, 2.75) is 4.90 Å². The molecule has 0 aliphatic carbocycles. The van der Waals surface area contributed by atoms with Gasteiger partial charge in [-0.1, -0.05) is 48.0 Å². The Morgan fingerprint density at radius 3 is 2.31 bits per heavy atom. The highest BCUT2D eigenvalue weighted by molar-refractivity contribution is 7.92. The first-order valence-corrected chi connectivity index (χ1v) is 10.3. The summed E-state index contributed by atoms with van der Waals surface area (Å²) in [6, 6.07) is 17.3. The number of ether oxygens (including phenoxy) is 2. The highest BCUT2D eigenvalue weighted by Gasteiger charge is 2.24. The largest absolute Gasteiger partial charge is 0.495 e. The van der Waals surface area contributed by atoms with E-state index in [1.165, 1.54) is 26.4 Å². The Balaban J connectivity index is 2.10. The number of nitrogens with one attached hydrogen (secondary N) is 1. The third kappa shape index (κ3) is 4.29. The minimum absolute atomic E-state index is 0.0337. The van der Waals surface area contributed by atoms with Gasteiger partial charge < -0.3 is 9.47 Å². The zero-order valence-electron chi connectivity index (χ0n) is 15.6. The van der Waals surface area contributed by atoms with Crippen LogP contribution < -0.4 is 14.2 Å². The van der Waals surface area contributed by atoms with Crippen LogP contribution in [0, 0.1) is 6.57 Å². The van der Waals surface area contributed by atoms with Crippen LogP contribution in [0.1, 0.15) is 0 Å². The lowest BCUT2D eigenvalue weighted by Crippen LogP contribution is -2.15. The summed E-state index contributed by atoms with van der Waals surface area (Å²) in [6.07, 6.45) is 0. The third-order valence-electron chi connectivity index (χ3n) is 4.17. The van der Waals surface area contributed by atoms with E-state index in [0.717, 1.165) is 11.1 Å². The summed E-state index contributed by atoms with van der Waals surface area (Å²) < 4.78 is 39.2. The first kappa shape index (κ1) is 20.5. The van der Waals surface area contributed by atoms with Gasteiger partial charge in [0.05, 0.1) is 31.5 Å². The Labute approximate surface area is 174 Å². The van der Waals surface area contributed by atoms with E-state index in [-0.39, 0.29) is 27.0 Å². The molecule has 0 aliphatic heterocycles. The maximum atomic E-state index is 13.1. The van der Waals surface area contributed by atoms with Gasteiger partial charge in [0.2, 0.25) is 0 Å². The molecule has 0 saturated carbocycles. The number of sulfonamides is 1. The molecule has 3 aromatic rings. The Morgan fingerprint density at radius 1 is 0.966 bits per heavy atom. The van der Waals surface area contributed by atoms with Crippen LogP contribution in [0.4, 0.5) is 11.4 Å². The summed E-state index contributed by atoms with van der Waals surface area (Å²) >= 11 is 6.10. The molecular weight excluding hydrogens is 412 g/mol. The van der Waals surface area contributed by atoms with Gasteiger partial charge in [0.15, 0.2) is 11.4 Å². The molecule has 0 unspecified atom stereocenters. The molecule has 0 atom stereocenters. The van der Waals surface area contributed by atoms with Gasteiger partial charge in [-0.25, -0.2) is 13.3 Å². The monoisotopic (exact) mass is 428 g/mol. The van der Waals surface area contributed by atoms with Crippen LogP contribution in [-0.2, 0) is 10.0 Å². The zero-order chi connectivity index (χ0) is 21.0. The first-order valence-electron chi connectivity index (χ1n) is 8.41. The van der Waals surface area contributed by atoms with E-state index >= 15 is 0 Å². The minimum Gasteiger partial charge on any atom is -0.495 e. The predicted molar refractivity (Wildman–Crippen MR) is 114 cm³/mol. The number of nitrogens with zero attached hydrogens (tertiary/aromatic N) is 1. The molecule has 8 heteroatoms. The summed E-state index contributed by atoms with van der Waals surface area (Å²) in [7, 11) is -1.36. The average Bonchev–Trinajstić information content (AvgIpc) is 2.73. The van der Waals surface area contributed by atoms with Crippen LogP contribution in [0.25, 0.3) is 16.0 Å². The van der Waals surface area contributed by atoms with Crippen molar-refractivity contribution in [2.75, 3.05) is 18.9 Å². The highest BCUT2D eigenvalue weighted by atomic mass is 35.5. The first-order chi connectivity index (χ1) is 13.9. The van der Waals surface area contributed by atoms with Crippen molar-refractivity contribution in [2.24, 2.45) is 0 Å². The minimum atomic E-state index is -4.13. The molecule has 0 aromatic heterocycles. The lowest BCUT2D eigenvalue weighted by molar-refractivity contribution is 0.403. The predicted octanol–water partition coefficient (Wildman–Crippen LogP) is 5.38. The maximum absolute atomic E-state index is 13.1. The van der Waals surface area contributed by atoms with Crippen LogP contribution >= 0.6 is 11.6 Å². The molecule has 0 spiro atoms. The van der Waals surface area contributed by atoms with E-state index < -0.39 is 10.0 Å². The van der Waals surface area contributed by atoms with E-state index in [1.54, 1.807) is 12.1 Å². The molecule has 29 heavy (non-hydrogen) atoms. The Hall–Kier alpha value is -3.21. The summed E-state index contributed by atoms with van der Waals surface area (Å²) in [5.74, 6) is 0.310. The fourth-order valence-electron chi connectivity index (χ4n) is 2.81. The molecule has 1 N–H and O–H groups in total. The molecule has 3 rings (SSSR count). The van der Waals surface area contributed by atoms with Crippen molar-refractivity contribution >= 4 is 33.0 Å². The smallest absolute Gasteiger partial charge is 0.264 e. The number of hydrogen-bond acceptors (Lipinski definition) is 4. The topological polar surface area (TPSA) is 69.0 Å². The number of anilines is 1. The molecule has 0 saturated heterocycles. The highest BCUT2D eigenvalue weighted by Crippen LogP contribution is 2.38. The van der Waals surface area contributed by atoms with Crippen LogP contribution in [0.3, 0.4) is 0 Å². The van der Waals surface area contributed by atoms with Crippen molar-refractivity contribution in [3.63, 3.8) is 0 Å². The number of halogens is 1. The third-order valence-corrected chi connectivity index (χ3v) is 5.82. The Morgan fingerprint density at radius 2 is 1.69 bits per heavy atom. The molecule has 3 aromatic carbocycles. The van der Waals surface area contributed by atoms with Gasteiger partial charge in [0.1, 0.15) is 10.6 Å². The standard InChI is InChI=1S/C21H17ClN2O4S/c1-23-16-12-17(22)21(28-3)20(13-16)29(25,26)24-18-11-15(9-10-19(18)27-2)14-7-5-4-6-8-14/h4-13,24H,2-3H3. The lowest BCUT2D eigenvalue weighted by atomic mass is 10.1. The van der Waals surface area contributed by atoms with Crippen LogP contribution in [0.2, 0.25) is 5.02 Å². The van der Waals surface area contributed by atoms with Crippen molar-refractivity contribution in [1.29, 1.82) is 0 Å². The van der Waals surface area contributed by atoms with Gasteiger partial charge in [0.25, 0.3) is 10.0 Å². The molecule has 6 nitrogen and oxygen atoms in total. The normalized spacial score (nSPS) is 10.8.